The molecule has 1 amide bonds. The van der Waals surface area contributed by atoms with E-state index in [2.05, 4.69) is 38.9 Å². The second-order valence-electron chi connectivity index (χ2n) is 6.88. The van der Waals surface area contributed by atoms with Crippen molar-refractivity contribution in [2.75, 3.05) is 0 Å². The smallest absolute Gasteiger partial charge is 0.251 e. The number of nitrogens with one attached hydrogen (secondary N) is 1. The second kappa shape index (κ2) is 7.67. The van der Waals surface area contributed by atoms with Crippen LogP contribution in [0.5, 0.6) is 0 Å². The van der Waals surface area contributed by atoms with Crippen LogP contribution in [-0.2, 0) is 0 Å². The van der Waals surface area contributed by atoms with Gasteiger partial charge in [0.05, 0.1) is 23.6 Å². The number of rotatable bonds is 5. The zero-order valence-electron chi connectivity index (χ0n) is 16.4. The fraction of sp³-hybridized carbons (Fsp3) is 0.190. The summed E-state index contributed by atoms with van der Waals surface area (Å²) in [6.45, 7) is 6.03. The molecule has 0 bridgehead atoms. The molecule has 2 heterocycles. The molecule has 0 spiro atoms. The number of para-hydroxylation sites is 1. The Morgan fingerprint density at radius 3 is 2.52 bits per heavy atom. The molecule has 0 saturated heterocycles. The highest BCUT2D eigenvalue weighted by molar-refractivity contribution is 5.94. The SMILES string of the molecule is Cc1ccccc1-n1ncc(C(C)NC(=O)c2ccc(-n3cnnn3)cc2)c1C. The Hall–Kier alpha value is -3.81. The minimum atomic E-state index is -0.181. The van der Waals surface area contributed by atoms with Gasteiger partial charge in [-0.2, -0.15) is 5.10 Å². The van der Waals surface area contributed by atoms with Gasteiger partial charge in [-0.05, 0) is 67.1 Å². The first-order chi connectivity index (χ1) is 14.0. The van der Waals surface area contributed by atoms with Crippen molar-refractivity contribution < 1.29 is 4.79 Å². The minimum absolute atomic E-state index is 0.149. The third-order valence-corrected chi connectivity index (χ3v) is 4.95. The Morgan fingerprint density at radius 1 is 1.07 bits per heavy atom. The lowest BCUT2D eigenvalue weighted by Crippen LogP contribution is -2.27. The summed E-state index contributed by atoms with van der Waals surface area (Å²) in [5.41, 5.74) is 5.51. The highest BCUT2D eigenvalue weighted by Gasteiger charge is 2.18. The van der Waals surface area contributed by atoms with Crippen molar-refractivity contribution in [2.45, 2.75) is 26.8 Å². The van der Waals surface area contributed by atoms with Crippen molar-refractivity contribution in [3.63, 3.8) is 0 Å². The van der Waals surface area contributed by atoms with Gasteiger partial charge in [0, 0.05) is 16.8 Å². The Morgan fingerprint density at radius 2 is 1.83 bits per heavy atom. The monoisotopic (exact) mass is 387 g/mol. The van der Waals surface area contributed by atoms with Gasteiger partial charge in [0.25, 0.3) is 5.91 Å². The first kappa shape index (κ1) is 18.5. The molecule has 0 fully saturated rings. The van der Waals surface area contributed by atoms with Crippen molar-refractivity contribution in [3.8, 4) is 11.4 Å². The summed E-state index contributed by atoms with van der Waals surface area (Å²) in [7, 11) is 0. The third kappa shape index (κ3) is 3.64. The summed E-state index contributed by atoms with van der Waals surface area (Å²) in [5, 5.41) is 18.6. The van der Waals surface area contributed by atoms with Gasteiger partial charge in [0.2, 0.25) is 0 Å². The Kier molecular flexibility index (Phi) is 4.90. The van der Waals surface area contributed by atoms with Crippen LogP contribution in [0.3, 0.4) is 0 Å². The van der Waals surface area contributed by atoms with E-state index in [-0.39, 0.29) is 11.9 Å². The van der Waals surface area contributed by atoms with Gasteiger partial charge in [-0.15, -0.1) is 5.10 Å². The molecule has 4 rings (SSSR count). The number of tetrazole rings is 1. The maximum Gasteiger partial charge on any atom is 0.251 e. The van der Waals surface area contributed by atoms with E-state index in [1.54, 1.807) is 24.3 Å². The number of carbonyl (C=O) groups excluding carboxylic acids is 1. The molecular formula is C21H21N7O. The summed E-state index contributed by atoms with van der Waals surface area (Å²) in [4.78, 5) is 12.7. The van der Waals surface area contributed by atoms with Gasteiger partial charge < -0.3 is 5.32 Å². The topological polar surface area (TPSA) is 90.5 Å². The second-order valence-corrected chi connectivity index (χ2v) is 6.88. The van der Waals surface area contributed by atoms with Gasteiger partial charge in [-0.25, -0.2) is 9.36 Å². The lowest BCUT2D eigenvalue weighted by molar-refractivity contribution is 0.0940. The van der Waals surface area contributed by atoms with Crippen LogP contribution in [0.15, 0.2) is 61.1 Å². The average Bonchev–Trinajstić information content (AvgIpc) is 3.39. The van der Waals surface area contributed by atoms with Crippen LogP contribution in [0.4, 0.5) is 0 Å². The molecular weight excluding hydrogens is 366 g/mol. The van der Waals surface area contributed by atoms with Crippen LogP contribution in [0.1, 0.15) is 40.1 Å². The highest BCUT2D eigenvalue weighted by Crippen LogP contribution is 2.22. The molecule has 146 valence electrons. The molecule has 0 aliphatic carbocycles. The van der Waals surface area contributed by atoms with Crippen molar-refractivity contribution in [1.82, 2.24) is 35.3 Å². The molecule has 8 heteroatoms. The van der Waals surface area contributed by atoms with Crippen LogP contribution >= 0.6 is 0 Å². The van der Waals surface area contributed by atoms with Gasteiger partial charge in [-0.1, -0.05) is 18.2 Å². The number of aromatic nitrogens is 6. The van der Waals surface area contributed by atoms with E-state index in [1.165, 1.54) is 11.0 Å². The number of carbonyl (C=O) groups is 1. The molecule has 0 saturated carbocycles. The van der Waals surface area contributed by atoms with Crippen LogP contribution < -0.4 is 5.32 Å². The Balaban J connectivity index is 1.50. The minimum Gasteiger partial charge on any atom is -0.345 e. The van der Waals surface area contributed by atoms with Gasteiger partial charge >= 0.3 is 0 Å². The van der Waals surface area contributed by atoms with Crippen LogP contribution in [-0.4, -0.2) is 35.9 Å². The number of amides is 1. The summed E-state index contributed by atoms with van der Waals surface area (Å²) >= 11 is 0. The van der Waals surface area contributed by atoms with E-state index in [0.29, 0.717) is 5.56 Å². The van der Waals surface area contributed by atoms with Crippen LogP contribution in [0.25, 0.3) is 11.4 Å². The van der Waals surface area contributed by atoms with Gasteiger partial charge in [0.15, 0.2) is 0 Å². The van der Waals surface area contributed by atoms with Crippen molar-refractivity contribution >= 4 is 5.91 Å². The lowest BCUT2D eigenvalue weighted by Gasteiger charge is -2.15. The summed E-state index contributed by atoms with van der Waals surface area (Å²) in [6.07, 6.45) is 3.32. The van der Waals surface area contributed by atoms with E-state index in [4.69, 9.17) is 0 Å². The molecule has 4 aromatic rings. The van der Waals surface area contributed by atoms with Crippen molar-refractivity contribution in [1.29, 1.82) is 0 Å². The normalized spacial score (nSPS) is 12.0. The van der Waals surface area contributed by atoms with E-state index >= 15 is 0 Å². The molecule has 0 aliphatic rings. The standard InChI is InChI=1S/C21H21N7O/c1-14-6-4-5-7-20(14)28-16(3)19(12-23-28)15(2)24-21(29)17-8-10-18(11-9-17)27-13-22-25-26-27/h4-13,15H,1-3H3,(H,24,29). The number of hydrogen-bond acceptors (Lipinski definition) is 5. The maximum absolute atomic E-state index is 12.7. The molecule has 2 aromatic carbocycles. The molecule has 2 aromatic heterocycles. The highest BCUT2D eigenvalue weighted by atomic mass is 16.1. The quantitative estimate of drug-likeness (QED) is 0.569. The molecule has 8 nitrogen and oxygen atoms in total. The Labute approximate surface area is 168 Å². The molecule has 1 atom stereocenters. The van der Waals surface area contributed by atoms with E-state index in [0.717, 1.165) is 28.2 Å². The first-order valence-electron chi connectivity index (χ1n) is 9.29. The molecule has 0 aliphatic heterocycles. The predicted octanol–water partition coefficient (Wildman–Crippen LogP) is 2.96. The maximum atomic E-state index is 12.7. The van der Waals surface area contributed by atoms with E-state index in [1.807, 2.05) is 42.9 Å². The molecule has 29 heavy (non-hydrogen) atoms. The average molecular weight is 387 g/mol. The molecule has 1 N–H and O–H groups in total. The summed E-state index contributed by atoms with van der Waals surface area (Å²) in [5.74, 6) is -0.149. The number of aryl methyl sites for hydroxylation is 1. The predicted molar refractivity (Wildman–Crippen MR) is 108 cm³/mol. The number of nitrogens with zero attached hydrogens (tertiary/aromatic N) is 6. The van der Waals surface area contributed by atoms with E-state index < -0.39 is 0 Å². The first-order valence-corrected chi connectivity index (χ1v) is 9.29. The zero-order chi connectivity index (χ0) is 20.4. The molecule has 0 radical (unpaired) electrons. The van der Waals surface area contributed by atoms with Crippen molar-refractivity contribution in [2.24, 2.45) is 0 Å². The third-order valence-electron chi connectivity index (χ3n) is 4.95. The zero-order valence-corrected chi connectivity index (χ0v) is 16.4. The van der Waals surface area contributed by atoms with Gasteiger partial charge in [-0.3, -0.25) is 4.79 Å². The summed E-state index contributed by atoms with van der Waals surface area (Å²) in [6, 6.07) is 15.0. The molecule has 1 unspecified atom stereocenters. The van der Waals surface area contributed by atoms with Crippen LogP contribution in [0, 0.1) is 13.8 Å². The lowest BCUT2D eigenvalue weighted by atomic mass is 10.1. The fourth-order valence-electron chi connectivity index (χ4n) is 3.29. The van der Waals surface area contributed by atoms with Gasteiger partial charge in [0.1, 0.15) is 6.33 Å². The van der Waals surface area contributed by atoms with E-state index in [9.17, 15) is 4.79 Å². The number of benzene rings is 2. The largest absolute Gasteiger partial charge is 0.345 e. The number of hydrogen-bond donors (Lipinski definition) is 1. The fourth-order valence-corrected chi connectivity index (χ4v) is 3.29. The Bertz CT molecular complexity index is 1130. The van der Waals surface area contributed by atoms with Crippen LogP contribution in [0.2, 0.25) is 0 Å². The van der Waals surface area contributed by atoms with Crippen molar-refractivity contribution in [3.05, 3.63) is 83.4 Å². The summed E-state index contributed by atoms with van der Waals surface area (Å²) < 4.78 is 3.45.